The molecule has 5 aromatic carbocycles. The molecule has 0 N–H and O–H groups in total. The SMILES string of the molecule is O=S1(=O)c2c(-c3nc4ccccc4c4nc5ccccc5n34)cccc2-n2c(-c3ccccc3)nc3cccc1c32. The third-order valence-electron chi connectivity index (χ3n) is 7.85. The van der Waals surface area contributed by atoms with Crippen molar-refractivity contribution in [1.82, 2.24) is 23.9 Å². The normalized spacial score (nSPS) is 13.8. The van der Waals surface area contributed by atoms with Gasteiger partial charge in [-0.05, 0) is 48.5 Å². The van der Waals surface area contributed by atoms with Gasteiger partial charge in [-0.15, -0.1) is 0 Å². The Kier molecular flexibility index (Phi) is 4.31. The lowest BCUT2D eigenvalue weighted by molar-refractivity contribution is 0.595. The first-order valence-electron chi connectivity index (χ1n) is 13.2. The molecule has 0 atom stereocenters. The quantitative estimate of drug-likeness (QED) is 0.235. The van der Waals surface area contributed by atoms with Crippen LogP contribution >= 0.6 is 0 Å². The molecule has 0 fully saturated rings. The molecule has 0 spiro atoms. The van der Waals surface area contributed by atoms with E-state index < -0.39 is 9.84 Å². The number of benzene rings is 5. The Balaban J connectivity index is 1.47. The van der Waals surface area contributed by atoms with E-state index in [9.17, 15) is 8.42 Å². The molecule has 0 unspecified atom stereocenters. The maximum Gasteiger partial charge on any atom is 0.211 e. The standard InChI is InChI=1S/C33H19N5O2S/c39-41(40)28-19-9-16-25-29(28)37(31(36-25)20-10-2-1-3-11-20)27-18-8-13-22(30(27)41)33-34-23-14-5-4-12-21(23)32-35-24-15-6-7-17-26(24)38(32)33/h1-19H. The van der Waals surface area contributed by atoms with E-state index in [-0.39, 0.29) is 9.79 Å². The molecule has 1 aliphatic heterocycles. The maximum absolute atomic E-state index is 14.5. The summed E-state index contributed by atoms with van der Waals surface area (Å²) in [5.41, 5.74) is 6.32. The smallest absolute Gasteiger partial charge is 0.211 e. The monoisotopic (exact) mass is 549 g/mol. The van der Waals surface area contributed by atoms with E-state index in [1.807, 2.05) is 112 Å². The lowest BCUT2D eigenvalue weighted by Crippen LogP contribution is -2.17. The van der Waals surface area contributed by atoms with Crippen LogP contribution in [-0.2, 0) is 9.84 Å². The molecule has 9 rings (SSSR count). The van der Waals surface area contributed by atoms with Crippen molar-refractivity contribution < 1.29 is 8.42 Å². The van der Waals surface area contributed by atoms with E-state index >= 15 is 0 Å². The van der Waals surface area contributed by atoms with Crippen molar-refractivity contribution in [2.45, 2.75) is 9.79 Å². The molecule has 4 heterocycles. The summed E-state index contributed by atoms with van der Waals surface area (Å²) >= 11 is 0. The lowest BCUT2D eigenvalue weighted by atomic mass is 10.1. The van der Waals surface area contributed by atoms with Crippen LogP contribution in [0, 0.1) is 0 Å². The largest absolute Gasteiger partial charge is 0.290 e. The number of hydrogen-bond acceptors (Lipinski definition) is 5. The average molecular weight is 550 g/mol. The topological polar surface area (TPSA) is 82.1 Å². The molecule has 0 radical (unpaired) electrons. The third kappa shape index (κ3) is 2.91. The van der Waals surface area contributed by atoms with E-state index in [0.29, 0.717) is 33.9 Å². The number of fused-ring (bicyclic) bond motifs is 7. The fourth-order valence-corrected chi connectivity index (χ4v) is 7.93. The van der Waals surface area contributed by atoms with Crippen molar-refractivity contribution in [1.29, 1.82) is 0 Å². The van der Waals surface area contributed by atoms with Crippen LogP contribution in [0.1, 0.15) is 0 Å². The van der Waals surface area contributed by atoms with Gasteiger partial charge in [-0.1, -0.05) is 66.7 Å². The lowest BCUT2D eigenvalue weighted by Gasteiger charge is -2.23. The Morgan fingerprint density at radius 1 is 0.585 bits per heavy atom. The second kappa shape index (κ2) is 7.87. The van der Waals surface area contributed by atoms with Crippen molar-refractivity contribution in [3.63, 3.8) is 0 Å². The van der Waals surface area contributed by atoms with Gasteiger partial charge in [0.15, 0.2) is 0 Å². The molecule has 8 aromatic rings. The number of imidazole rings is 2. The fourth-order valence-electron chi connectivity index (χ4n) is 6.12. The van der Waals surface area contributed by atoms with Gasteiger partial charge >= 0.3 is 0 Å². The highest BCUT2D eigenvalue weighted by atomic mass is 32.2. The van der Waals surface area contributed by atoms with E-state index in [1.54, 1.807) is 12.1 Å². The summed E-state index contributed by atoms with van der Waals surface area (Å²) in [5.74, 6) is 1.20. The molecule has 0 saturated carbocycles. The number of aromatic nitrogens is 5. The molecule has 0 saturated heterocycles. The summed E-state index contributed by atoms with van der Waals surface area (Å²) in [4.78, 5) is 15.4. The summed E-state index contributed by atoms with van der Waals surface area (Å²) < 4.78 is 33.0. The molecule has 0 bridgehead atoms. The van der Waals surface area contributed by atoms with Gasteiger partial charge in [0.05, 0.1) is 38.2 Å². The van der Waals surface area contributed by atoms with Crippen molar-refractivity contribution >= 4 is 48.5 Å². The van der Waals surface area contributed by atoms with Crippen LogP contribution in [0.3, 0.4) is 0 Å². The first-order chi connectivity index (χ1) is 20.1. The molecule has 0 amide bonds. The number of hydrogen-bond donors (Lipinski definition) is 0. The minimum atomic E-state index is -3.95. The van der Waals surface area contributed by atoms with Gasteiger partial charge in [-0.25, -0.2) is 23.4 Å². The van der Waals surface area contributed by atoms with E-state index in [0.717, 1.165) is 33.1 Å². The summed E-state index contributed by atoms with van der Waals surface area (Å²) in [6.45, 7) is 0. The van der Waals surface area contributed by atoms with Gasteiger partial charge < -0.3 is 0 Å². The Bertz CT molecular complexity index is 2500. The first-order valence-corrected chi connectivity index (χ1v) is 14.7. The van der Waals surface area contributed by atoms with Crippen LogP contribution in [-0.4, -0.2) is 32.3 Å². The molecule has 8 heteroatoms. The van der Waals surface area contributed by atoms with Crippen molar-refractivity contribution in [2.75, 3.05) is 0 Å². The van der Waals surface area contributed by atoms with E-state index in [1.165, 1.54) is 0 Å². The molecule has 3 aromatic heterocycles. The van der Waals surface area contributed by atoms with E-state index in [4.69, 9.17) is 15.0 Å². The number of para-hydroxylation sites is 4. The molecular weight excluding hydrogens is 530 g/mol. The average Bonchev–Trinajstić information content (AvgIpc) is 3.60. The summed E-state index contributed by atoms with van der Waals surface area (Å²) in [5, 5.41) is 0.896. The number of nitrogens with zero attached hydrogens (tertiary/aromatic N) is 5. The number of rotatable bonds is 2. The van der Waals surface area contributed by atoms with Crippen LogP contribution in [0.2, 0.25) is 0 Å². The minimum absolute atomic E-state index is 0.206. The second-order valence-electron chi connectivity index (χ2n) is 10.1. The van der Waals surface area contributed by atoms with Gasteiger partial charge in [0, 0.05) is 16.5 Å². The third-order valence-corrected chi connectivity index (χ3v) is 9.72. The second-order valence-corrected chi connectivity index (χ2v) is 12.0. The van der Waals surface area contributed by atoms with Crippen LogP contribution in [0.15, 0.2) is 125 Å². The van der Waals surface area contributed by atoms with Crippen LogP contribution < -0.4 is 0 Å². The fraction of sp³-hybridized carbons (Fsp3) is 0. The molecule has 41 heavy (non-hydrogen) atoms. The van der Waals surface area contributed by atoms with Gasteiger partial charge in [0.1, 0.15) is 22.2 Å². The zero-order chi connectivity index (χ0) is 27.3. The Labute approximate surface area is 233 Å². The Morgan fingerprint density at radius 2 is 1.29 bits per heavy atom. The predicted molar refractivity (Wildman–Crippen MR) is 159 cm³/mol. The van der Waals surface area contributed by atoms with Gasteiger partial charge in [0.2, 0.25) is 9.84 Å². The zero-order valence-electron chi connectivity index (χ0n) is 21.4. The Hall–Kier alpha value is -5.34. The van der Waals surface area contributed by atoms with Gasteiger partial charge in [-0.2, -0.15) is 0 Å². The molecular formula is C33H19N5O2S. The highest BCUT2D eigenvalue weighted by molar-refractivity contribution is 7.92. The van der Waals surface area contributed by atoms with Crippen molar-refractivity contribution in [3.05, 3.63) is 115 Å². The van der Waals surface area contributed by atoms with Crippen molar-refractivity contribution in [3.8, 4) is 28.5 Å². The van der Waals surface area contributed by atoms with E-state index in [2.05, 4.69) is 0 Å². The van der Waals surface area contributed by atoms with Crippen LogP contribution in [0.25, 0.3) is 67.1 Å². The van der Waals surface area contributed by atoms with Crippen LogP contribution in [0.4, 0.5) is 0 Å². The molecule has 0 aliphatic carbocycles. The van der Waals surface area contributed by atoms with Gasteiger partial charge in [0.25, 0.3) is 0 Å². The highest BCUT2D eigenvalue weighted by Crippen LogP contribution is 2.45. The predicted octanol–water partition coefficient (Wildman–Crippen LogP) is 6.85. The zero-order valence-corrected chi connectivity index (χ0v) is 22.2. The molecule has 194 valence electrons. The molecule has 7 nitrogen and oxygen atoms in total. The molecule has 1 aliphatic rings. The highest BCUT2D eigenvalue weighted by Gasteiger charge is 2.36. The maximum atomic E-state index is 14.5. The minimum Gasteiger partial charge on any atom is -0.290 e. The first kappa shape index (κ1) is 22.5. The van der Waals surface area contributed by atoms with Crippen LogP contribution in [0.5, 0.6) is 0 Å². The Morgan fingerprint density at radius 3 is 2.17 bits per heavy atom. The summed E-state index contributed by atoms with van der Waals surface area (Å²) in [7, 11) is -3.95. The number of sulfone groups is 1. The van der Waals surface area contributed by atoms with Gasteiger partial charge in [-0.3, -0.25) is 8.97 Å². The summed E-state index contributed by atoms with van der Waals surface area (Å²) in [6.07, 6.45) is 0. The summed E-state index contributed by atoms with van der Waals surface area (Å²) in [6, 6.07) is 36.4. The van der Waals surface area contributed by atoms with Crippen molar-refractivity contribution in [2.24, 2.45) is 0 Å².